The van der Waals surface area contributed by atoms with Crippen molar-refractivity contribution in [1.82, 2.24) is 0 Å². The first-order valence-corrected chi connectivity index (χ1v) is 3.96. The normalized spacial score (nSPS) is 31.5. The predicted molar refractivity (Wildman–Crippen MR) is 38.9 cm³/mol. The van der Waals surface area contributed by atoms with Gasteiger partial charge in [0.2, 0.25) is 0 Å². The first-order chi connectivity index (χ1) is 5.24. The maximum absolute atomic E-state index is 12.6. The number of esters is 1. The summed E-state index contributed by atoms with van der Waals surface area (Å²) in [5.74, 6) is -0.232. The summed E-state index contributed by atoms with van der Waals surface area (Å²) >= 11 is 0. The molecule has 0 aromatic rings. The van der Waals surface area contributed by atoms with Crippen molar-refractivity contribution in [2.24, 2.45) is 5.92 Å². The lowest BCUT2D eigenvalue weighted by Gasteiger charge is -2.21. The van der Waals surface area contributed by atoms with Crippen LogP contribution in [0.25, 0.3) is 0 Å². The molecule has 1 rings (SSSR count). The summed E-state index contributed by atoms with van der Waals surface area (Å²) < 4.78 is 17.1. The Morgan fingerprint density at radius 2 is 1.91 bits per heavy atom. The molecule has 0 spiro atoms. The van der Waals surface area contributed by atoms with E-state index in [9.17, 15) is 9.18 Å². The molecule has 1 aliphatic rings. The van der Waals surface area contributed by atoms with Crippen molar-refractivity contribution < 1.29 is 13.9 Å². The number of alkyl halides is 1. The SMILES string of the molecule is COC(=O)[C@H]1CC[C@H](F)CC1. The molecule has 0 unspecified atom stereocenters. The second-order valence-corrected chi connectivity index (χ2v) is 2.97. The van der Waals surface area contributed by atoms with Gasteiger partial charge in [-0.3, -0.25) is 4.79 Å². The Bertz CT molecular complexity index is 139. The smallest absolute Gasteiger partial charge is 0.308 e. The van der Waals surface area contributed by atoms with Gasteiger partial charge in [0, 0.05) is 0 Å². The average molecular weight is 160 g/mol. The van der Waals surface area contributed by atoms with E-state index in [0.29, 0.717) is 25.7 Å². The van der Waals surface area contributed by atoms with Crippen LogP contribution in [-0.2, 0) is 9.53 Å². The van der Waals surface area contributed by atoms with Gasteiger partial charge in [0.05, 0.1) is 13.0 Å². The van der Waals surface area contributed by atoms with Crippen LogP contribution in [0.5, 0.6) is 0 Å². The summed E-state index contributed by atoms with van der Waals surface area (Å²) in [6, 6.07) is 0. The Balaban J connectivity index is 2.33. The molecule has 11 heavy (non-hydrogen) atoms. The van der Waals surface area contributed by atoms with Crippen LogP contribution in [0.1, 0.15) is 25.7 Å². The molecule has 0 radical (unpaired) electrons. The van der Waals surface area contributed by atoms with E-state index in [4.69, 9.17) is 0 Å². The summed E-state index contributed by atoms with van der Waals surface area (Å²) in [6.45, 7) is 0. The lowest BCUT2D eigenvalue weighted by atomic mass is 9.88. The molecule has 0 aromatic carbocycles. The highest BCUT2D eigenvalue weighted by Gasteiger charge is 2.26. The van der Waals surface area contributed by atoms with Crippen LogP contribution >= 0.6 is 0 Å². The minimum absolute atomic E-state index is 0.0491. The Hall–Kier alpha value is -0.600. The average Bonchev–Trinajstić information content (AvgIpc) is 2.05. The molecule has 0 amide bonds. The molecule has 2 nitrogen and oxygen atoms in total. The van der Waals surface area contributed by atoms with E-state index in [1.54, 1.807) is 0 Å². The zero-order valence-corrected chi connectivity index (χ0v) is 6.68. The first-order valence-electron chi connectivity index (χ1n) is 3.96. The second kappa shape index (κ2) is 3.69. The van der Waals surface area contributed by atoms with Gasteiger partial charge >= 0.3 is 5.97 Å². The molecule has 0 N–H and O–H groups in total. The summed E-state index contributed by atoms with van der Waals surface area (Å²) in [6.07, 6.45) is 1.62. The molecule has 0 heterocycles. The van der Waals surface area contributed by atoms with E-state index in [1.165, 1.54) is 7.11 Å². The molecule has 0 atom stereocenters. The molecule has 64 valence electrons. The third kappa shape index (κ3) is 2.17. The van der Waals surface area contributed by atoms with Gasteiger partial charge in [-0.15, -0.1) is 0 Å². The zero-order valence-electron chi connectivity index (χ0n) is 6.68. The van der Waals surface area contributed by atoms with Crippen LogP contribution in [-0.4, -0.2) is 19.3 Å². The predicted octanol–water partition coefficient (Wildman–Crippen LogP) is 1.69. The number of halogens is 1. The molecule has 3 heteroatoms. The number of carbonyl (C=O) groups is 1. The van der Waals surface area contributed by atoms with E-state index in [0.717, 1.165) is 0 Å². The number of hydrogen-bond donors (Lipinski definition) is 0. The first kappa shape index (κ1) is 8.50. The van der Waals surface area contributed by atoms with Gasteiger partial charge in [0.15, 0.2) is 0 Å². The van der Waals surface area contributed by atoms with Crippen LogP contribution in [0, 0.1) is 5.92 Å². The molecule has 0 aromatic heterocycles. The number of hydrogen-bond acceptors (Lipinski definition) is 2. The highest BCUT2D eigenvalue weighted by Crippen LogP contribution is 2.26. The van der Waals surface area contributed by atoms with Crippen LogP contribution in [0.4, 0.5) is 4.39 Å². The van der Waals surface area contributed by atoms with Crippen molar-refractivity contribution in [3.05, 3.63) is 0 Å². The van der Waals surface area contributed by atoms with Crippen molar-refractivity contribution in [3.63, 3.8) is 0 Å². The van der Waals surface area contributed by atoms with Gasteiger partial charge in [-0.05, 0) is 25.7 Å². The zero-order chi connectivity index (χ0) is 8.27. The summed E-state index contributed by atoms with van der Waals surface area (Å²) in [5, 5.41) is 0. The number of carbonyl (C=O) groups excluding carboxylic acids is 1. The molecule has 1 fully saturated rings. The molecule has 0 saturated heterocycles. The Labute approximate surface area is 65.7 Å². The Kier molecular flexibility index (Phi) is 2.85. The topological polar surface area (TPSA) is 26.3 Å². The third-order valence-electron chi connectivity index (χ3n) is 2.19. The van der Waals surface area contributed by atoms with Crippen LogP contribution in [0.3, 0.4) is 0 Å². The summed E-state index contributed by atoms with van der Waals surface area (Å²) in [7, 11) is 1.38. The van der Waals surface area contributed by atoms with Gasteiger partial charge in [-0.25, -0.2) is 4.39 Å². The number of methoxy groups -OCH3 is 1. The summed E-state index contributed by atoms with van der Waals surface area (Å²) in [4.78, 5) is 10.9. The van der Waals surface area contributed by atoms with Gasteiger partial charge in [0.25, 0.3) is 0 Å². The van der Waals surface area contributed by atoms with Crippen molar-refractivity contribution >= 4 is 5.97 Å². The van der Waals surface area contributed by atoms with Crippen LogP contribution in [0.15, 0.2) is 0 Å². The Morgan fingerprint density at radius 3 is 2.36 bits per heavy atom. The molecule has 0 aliphatic heterocycles. The maximum Gasteiger partial charge on any atom is 0.308 e. The van der Waals surface area contributed by atoms with Gasteiger partial charge < -0.3 is 4.74 Å². The molecule has 1 saturated carbocycles. The summed E-state index contributed by atoms with van der Waals surface area (Å²) in [5.41, 5.74) is 0. The van der Waals surface area contributed by atoms with Gasteiger partial charge in [-0.2, -0.15) is 0 Å². The second-order valence-electron chi connectivity index (χ2n) is 2.97. The van der Waals surface area contributed by atoms with E-state index in [1.807, 2.05) is 0 Å². The molecular weight excluding hydrogens is 147 g/mol. The monoisotopic (exact) mass is 160 g/mol. The third-order valence-corrected chi connectivity index (χ3v) is 2.19. The van der Waals surface area contributed by atoms with Crippen molar-refractivity contribution in [3.8, 4) is 0 Å². The van der Waals surface area contributed by atoms with Crippen molar-refractivity contribution in [1.29, 1.82) is 0 Å². The lowest BCUT2D eigenvalue weighted by Crippen LogP contribution is -2.23. The molecular formula is C8H13FO2. The van der Waals surface area contributed by atoms with E-state index in [2.05, 4.69) is 4.74 Å². The fourth-order valence-electron chi connectivity index (χ4n) is 1.46. The molecule has 1 aliphatic carbocycles. The molecule has 0 bridgehead atoms. The van der Waals surface area contributed by atoms with Gasteiger partial charge in [0.1, 0.15) is 6.17 Å². The fraction of sp³-hybridized carbons (Fsp3) is 0.875. The standard InChI is InChI=1S/C8H13FO2/c1-11-8(10)6-2-4-7(9)5-3-6/h6-7H,2-5H2,1H3/t6-,7-. The largest absolute Gasteiger partial charge is 0.469 e. The van der Waals surface area contributed by atoms with E-state index < -0.39 is 6.17 Å². The minimum Gasteiger partial charge on any atom is -0.469 e. The lowest BCUT2D eigenvalue weighted by molar-refractivity contribution is -0.146. The van der Waals surface area contributed by atoms with Gasteiger partial charge in [-0.1, -0.05) is 0 Å². The number of ether oxygens (including phenoxy) is 1. The van der Waals surface area contributed by atoms with E-state index >= 15 is 0 Å². The number of rotatable bonds is 1. The van der Waals surface area contributed by atoms with Crippen molar-refractivity contribution in [2.75, 3.05) is 7.11 Å². The maximum atomic E-state index is 12.6. The van der Waals surface area contributed by atoms with Crippen LogP contribution in [0.2, 0.25) is 0 Å². The minimum atomic E-state index is -0.698. The quantitative estimate of drug-likeness (QED) is 0.545. The van der Waals surface area contributed by atoms with Crippen molar-refractivity contribution in [2.45, 2.75) is 31.9 Å². The Morgan fingerprint density at radius 1 is 1.36 bits per heavy atom. The fourth-order valence-corrected chi connectivity index (χ4v) is 1.46. The van der Waals surface area contributed by atoms with Crippen LogP contribution < -0.4 is 0 Å². The van der Waals surface area contributed by atoms with E-state index in [-0.39, 0.29) is 11.9 Å². The highest BCUT2D eigenvalue weighted by atomic mass is 19.1. The highest BCUT2D eigenvalue weighted by molar-refractivity contribution is 5.72.